The van der Waals surface area contributed by atoms with Crippen LogP contribution in [0.15, 0.2) is 36.9 Å². The van der Waals surface area contributed by atoms with Gasteiger partial charge in [-0.15, -0.1) is 0 Å². The van der Waals surface area contributed by atoms with Crippen LogP contribution in [0.5, 0.6) is 0 Å². The number of aromatic nitrogens is 3. The molecule has 0 radical (unpaired) electrons. The van der Waals surface area contributed by atoms with Gasteiger partial charge in [0.2, 0.25) is 5.91 Å². The smallest absolute Gasteiger partial charge is 0.227 e. The maximum absolute atomic E-state index is 13.7. The Morgan fingerprint density at radius 2 is 1.96 bits per heavy atom. The van der Waals surface area contributed by atoms with Crippen LogP contribution < -0.4 is 5.32 Å². The first-order valence-corrected chi connectivity index (χ1v) is 9.67. The third-order valence-corrected chi connectivity index (χ3v) is 6.59. The number of aryl methyl sites for hydroxylation is 1. The lowest BCUT2D eigenvalue weighted by molar-refractivity contribution is -0.120. The Morgan fingerprint density at radius 1 is 1.25 bits per heavy atom. The maximum Gasteiger partial charge on any atom is 0.227 e. The molecule has 3 aromatic rings. The van der Waals surface area contributed by atoms with Gasteiger partial charge in [0.05, 0.1) is 23.0 Å². The van der Waals surface area contributed by atoms with E-state index in [-0.39, 0.29) is 17.9 Å². The highest BCUT2D eigenvalue weighted by atomic mass is 19.2. The van der Waals surface area contributed by atoms with Crippen molar-refractivity contribution in [3.8, 4) is 0 Å². The van der Waals surface area contributed by atoms with Crippen LogP contribution in [0.2, 0.25) is 0 Å². The molecule has 3 unspecified atom stereocenters. The number of imidazole rings is 1. The summed E-state index contributed by atoms with van der Waals surface area (Å²) in [5, 5.41) is 3.00. The molecule has 1 amide bonds. The number of fused-ring (bicyclic) bond motifs is 2. The van der Waals surface area contributed by atoms with E-state index >= 15 is 0 Å². The highest BCUT2D eigenvalue weighted by molar-refractivity contribution is 5.92. The second-order valence-electron chi connectivity index (χ2n) is 8.28. The summed E-state index contributed by atoms with van der Waals surface area (Å²) in [4.78, 5) is 16.8. The van der Waals surface area contributed by atoms with Gasteiger partial charge in [-0.1, -0.05) is 6.92 Å². The van der Waals surface area contributed by atoms with Crippen molar-refractivity contribution in [1.82, 2.24) is 14.1 Å². The number of carbonyl (C=O) groups is 1. The van der Waals surface area contributed by atoms with E-state index in [4.69, 9.17) is 0 Å². The van der Waals surface area contributed by atoms with Crippen molar-refractivity contribution >= 4 is 22.6 Å². The van der Waals surface area contributed by atoms with Gasteiger partial charge >= 0.3 is 0 Å². The van der Waals surface area contributed by atoms with E-state index in [1.165, 1.54) is 6.07 Å². The van der Waals surface area contributed by atoms with Crippen LogP contribution in [0.3, 0.4) is 0 Å². The van der Waals surface area contributed by atoms with Crippen LogP contribution in [-0.2, 0) is 11.8 Å². The molecule has 0 saturated heterocycles. The van der Waals surface area contributed by atoms with Crippen molar-refractivity contribution in [1.29, 1.82) is 0 Å². The molecule has 1 aromatic carbocycles. The summed E-state index contributed by atoms with van der Waals surface area (Å²) in [6, 6.07) is 4.50. The quantitative estimate of drug-likeness (QED) is 0.736. The second-order valence-corrected chi connectivity index (χ2v) is 8.28. The normalized spacial score (nSPS) is 27.0. The van der Waals surface area contributed by atoms with Crippen LogP contribution in [0.1, 0.15) is 25.8 Å². The lowest BCUT2D eigenvalue weighted by Gasteiger charge is -2.19. The molecule has 1 N–H and O–H groups in total. The van der Waals surface area contributed by atoms with Crippen molar-refractivity contribution in [3.63, 3.8) is 0 Å². The number of rotatable bonds is 4. The fourth-order valence-corrected chi connectivity index (χ4v) is 5.15. The van der Waals surface area contributed by atoms with Crippen molar-refractivity contribution in [3.05, 3.63) is 48.6 Å². The summed E-state index contributed by atoms with van der Waals surface area (Å²) >= 11 is 0. The Kier molecular flexibility index (Phi) is 3.82. The summed E-state index contributed by atoms with van der Waals surface area (Å²) in [7, 11) is 1.92. The molecule has 5 rings (SSSR count). The van der Waals surface area contributed by atoms with Crippen molar-refractivity contribution in [2.75, 3.05) is 5.32 Å². The molecule has 0 aliphatic heterocycles. The van der Waals surface area contributed by atoms with E-state index in [1.807, 2.05) is 41.6 Å². The number of benzene rings is 1. The van der Waals surface area contributed by atoms with Gasteiger partial charge in [0, 0.05) is 43.5 Å². The van der Waals surface area contributed by atoms with Crippen LogP contribution in [-0.4, -0.2) is 20.0 Å². The van der Waals surface area contributed by atoms with Gasteiger partial charge in [-0.05, 0) is 36.7 Å². The molecule has 7 heteroatoms. The van der Waals surface area contributed by atoms with Gasteiger partial charge in [0.25, 0.3) is 0 Å². The lowest BCUT2D eigenvalue weighted by Crippen LogP contribution is -2.24. The molecule has 2 aliphatic rings. The Balaban J connectivity index is 1.26. The Hall–Kier alpha value is -2.70. The first-order valence-electron chi connectivity index (χ1n) is 9.67. The van der Waals surface area contributed by atoms with E-state index in [9.17, 15) is 13.6 Å². The molecule has 28 heavy (non-hydrogen) atoms. The topological polar surface area (TPSA) is 51.9 Å². The van der Waals surface area contributed by atoms with Gasteiger partial charge in [0.15, 0.2) is 11.6 Å². The zero-order chi connectivity index (χ0) is 19.6. The molecular weight excluding hydrogens is 362 g/mol. The molecule has 2 saturated carbocycles. The molecule has 2 heterocycles. The first kappa shape index (κ1) is 17.4. The predicted octanol–water partition coefficient (Wildman–Crippen LogP) is 4.12. The molecule has 2 aliphatic carbocycles. The number of nitrogens with one attached hydrogen (secondary N) is 1. The molecule has 0 spiro atoms. The summed E-state index contributed by atoms with van der Waals surface area (Å²) in [5.41, 5.74) is 1.94. The molecule has 146 valence electrons. The highest BCUT2D eigenvalue weighted by Crippen LogP contribution is 2.64. The monoisotopic (exact) mass is 384 g/mol. The number of amides is 1. The summed E-state index contributed by atoms with van der Waals surface area (Å²) in [6.07, 6.45) is 7.37. The third-order valence-electron chi connectivity index (χ3n) is 6.59. The summed E-state index contributed by atoms with van der Waals surface area (Å²) in [5.74, 6) is -0.292. The van der Waals surface area contributed by atoms with Crippen molar-refractivity contribution in [2.24, 2.45) is 30.7 Å². The largest absolute Gasteiger partial charge is 0.355 e. The number of hydrogen-bond donors (Lipinski definition) is 1. The van der Waals surface area contributed by atoms with Gasteiger partial charge in [-0.3, -0.25) is 4.79 Å². The zero-order valence-corrected chi connectivity index (χ0v) is 15.8. The van der Waals surface area contributed by atoms with E-state index < -0.39 is 11.6 Å². The van der Waals surface area contributed by atoms with E-state index in [2.05, 4.69) is 10.3 Å². The van der Waals surface area contributed by atoms with Gasteiger partial charge in [-0.2, -0.15) is 0 Å². The number of anilines is 1. The number of carbonyl (C=O) groups excluding carboxylic acids is 1. The van der Waals surface area contributed by atoms with E-state index in [0.717, 1.165) is 24.6 Å². The van der Waals surface area contributed by atoms with Gasteiger partial charge < -0.3 is 14.5 Å². The molecule has 2 fully saturated rings. The van der Waals surface area contributed by atoms with Crippen LogP contribution in [0.25, 0.3) is 11.0 Å². The average Bonchev–Trinajstić information content (AvgIpc) is 3.05. The Labute approximate surface area is 161 Å². The average molecular weight is 384 g/mol. The Morgan fingerprint density at radius 3 is 2.64 bits per heavy atom. The molecule has 5 atom stereocenters. The lowest BCUT2D eigenvalue weighted by atomic mass is 9.96. The summed E-state index contributed by atoms with van der Waals surface area (Å²) in [6.45, 7) is 2.00. The molecular formula is C21H22F2N4O. The second kappa shape index (κ2) is 6.15. The van der Waals surface area contributed by atoms with Gasteiger partial charge in [-0.25, -0.2) is 13.8 Å². The standard InChI is InChI=1S/C21H22F2N4O/c1-11(21(28)25-12-3-4-26(2)9-12)20-14-5-13(6-15(14)20)27-10-24-18-7-16(22)17(23)8-19(18)27/h3-4,7-11,13-15,20H,5-6H2,1-2H3,(H,25,28)/t11?,13?,14-,15+,20?. The van der Waals surface area contributed by atoms with Crippen LogP contribution >= 0.6 is 0 Å². The predicted molar refractivity (Wildman–Crippen MR) is 102 cm³/mol. The Bertz CT molecular complexity index is 1060. The third kappa shape index (κ3) is 2.72. The SMILES string of the molecule is CC(C(=O)Nc1ccn(C)c1)C1[C@H]2CC(n3cnc4cc(F)c(F)cc43)C[C@@H]12. The fraction of sp³-hybridized carbons (Fsp3) is 0.429. The molecule has 2 aromatic heterocycles. The minimum absolute atomic E-state index is 0.0396. The van der Waals surface area contributed by atoms with Crippen molar-refractivity contribution < 1.29 is 13.6 Å². The first-order chi connectivity index (χ1) is 13.4. The van der Waals surface area contributed by atoms with E-state index in [1.54, 1.807) is 6.33 Å². The maximum atomic E-state index is 13.7. The number of nitrogens with zero attached hydrogens (tertiary/aromatic N) is 3. The number of halogens is 2. The zero-order valence-electron chi connectivity index (χ0n) is 15.8. The van der Waals surface area contributed by atoms with Crippen LogP contribution in [0, 0.1) is 35.3 Å². The minimum atomic E-state index is -0.870. The molecule has 0 bridgehead atoms. The minimum Gasteiger partial charge on any atom is -0.355 e. The molecule has 5 nitrogen and oxygen atoms in total. The van der Waals surface area contributed by atoms with E-state index in [0.29, 0.717) is 28.8 Å². The van der Waals surface area contributed by atoms with Gasteiger partial charge in [0.1, 0.15) is 0 Å². The fourth-order valence-electron chi connectivity index (χ4n) is 5.15. The number of hydrogen-bond acceptors (Lipinski definition) is 2. The van der Waals surface area contributed by atoms with Crippen LogP contribution in [0.4, 0.5) is 14.5 Å². The highest BCUT2D eigenvalue weighted by Gasteiger charge is 2.59. The summed E-state index contributed by atoms with van der Waals surface area (Å²) < 4.78 is 30.9. The van der Waals surface area contributed by atoms with Crippen molar-refractivity contribution in [2.45, 2.75) is 25.8 Å².